The van der Waals surface area contributed by atoms with Crippen molar-refractivity contribution in [3.05, 3.63) is 17.5 Å². The van der Waals surface area contributed by atoms with Gasteiger partial charge in [0, 0.05) is 13.3 Å². The van der Waals surface area contributed by atoms with E-state index < -0.39 is 30.1 Å². The maximum absolute atomic E-state index is 10.4. The molecule has 9 heteroatoms. The number of aromatic nitrogens is 3. The van der Waals surface area contributed by atoms with Crippen molar-refractivity contribution in [1.82, 2.24) is 14.5 Å². The van der Waals surface area contributed by atoms with E-state index in [0.29, 0.717) is 16.1 Å². The number of nitrogens with zero attached hydrogens (tertiary/aromatic N) is 3. The second-order valence-electron chi connectivity index (χ2n) is 5.28. The second-order valence-corrected chi connectivity index (χ2v) is 5.68. The summed E-state index contributed by atoms with van der Waals surface area (Å²) >= 11 is 6.14. The summed E-state index contributed by atoms with van der Waals surface area (Å²) in [4.78, 5) is 8.01. The van der Waals surface area contributed by atoms with Crippen LogP contribution in [0.5, 0.6) is 0 Å². The van der Waals surface area contributed by atoms with Crippen molar-refractivity contribution in [3.8, 4) is 0 Å². The molecule has 5 atom stereocenters. The van der Waals surface area contributed by atoms with Crippen LogP contribution in [0, 0.1) is 0 Å². The molecule has 0 spiro atoms. The molecule has 2 aromatic heterocycles. The highest BCUT2D eigenvalue weighted by molar-refractivity contribution is 6.36. The van der Waals surface area contributed by atoms with Crippen molar-refractivity contribution in [2.24, 2.45) is 0 Å². The Labute approximate surface area is 124 Å². The van der Waals surface area contributed by atoms with Crippen LogP contribution in [-0.2, 0) is 9.47 Å². The lowest BCUT2D eigenvalue weighted by Crippen LogP contribution is -2.37. The van der Waals surface area contributed by atoms with Gasteiger partial charge in [0.1, 0.15) is 36.1 Å². The number of ether oxygens (including phenoxy) is 2. The van der Waals surface area contributed by atoms with Crippen LogP contribution < -0.4 is 5.73 Å². The molecule has 21 heavy (non-hydrogen) atoms. The monoisotopic (exact) mass is 312 g/mol. The fraction of sp³-hybridized carbons (Fsp3) is 0.500. The first-order valence-corrected chi connectivity index (χ1v) is 6.73. The molecule has 2 fully saturated rings. The van der Waals surface area contributed by atoms with Crippen molar-refractivity contribution in [2.75, 3.05) is 12.8 Å². The van der Waals surface area contributed by atoms with Crippen LogP contribution >= 0.6 is 11.6 Å². The van der Waals surface area contributed by atoms with Gasteiger partial charge in [-0.05, 0) is 0 Å². The molecule has 0 aromatic carbocycles. The Hall–Kier alpha value is -1.45. The van der Waals surface area contributed by atoms with Gasteiger partial charge in [-0.2, -0.15) is 0 Å². The zero-order chi connectivity index (χ0) is 14.9. The molecule has 1 aliphatic carbocycles. The largest absolute Gasteiger partial charge is 0.385 e. The van der Waals surface area contributed by atoms with Crippen LogP contribution in [0.2, 0.25) is 5.02 Å². The summed E-state index contributed by atoms with van der Waals surface area (Å²) in [5.74, 6) is 0.245. The van der Waals surface area contributed by atoms with Gasteiger partial charge >= 0.3 is 0 Å². The van der Waals surface area contributed by atoms with Crippen molar-refractivity contribution in [2.45, 2.75) is 30.1 Å². The number of anilines is 1. The lowest BCUT2D eigenvalue weighted by atomic mass is 10.1. The molecule has 0 bridgehead atoms. The summed E-state index contributed by atoms with van der Waals surface area (Å²) in [5.41, 5.74) is 4.83. The number of fused-ring (bicyclic) bond motifs is 2. The summed E-state index contributed by atoms with van der Waals surface area (Å²) in [5, 5.41) is 21.6. The molecule has 1 aliphatic heterocycles. The highest BCUT2D eigenvalue weighted by atomic mass is 35.5. The molecule has 0 radical (unpaired) electrons. The van der Waals surface area contributed by atoms with E-state index in [4.69, 9.17) is 26.8 Å². The molecular weight excluding hydrogens is 300 g/mol. The number of nitrogen functional groups attached to an aromatic ring is 1. The first kappa shape index (κ1) is 13.2. The van der Waals surface area contributed by atoms with Gasteiger partial charge in [0.15, 0.2) is 11.8 Å². The first-order chi connectivity index (χ1) is 10.00. The smallest absolute Gasteiger partial charge is 0.164 e. The van der Waals surface area contributed by atoms with E-state index in [0.717, 1.165) is 0 Å². The predicted molar refractivity (Wildman–Crippen MR) is 72.6 cm³/mol. The van der Waals surface area contributed by atoms with E-state index in [-0.39, 0.29) is 5.82 Å². The van der Waals surface area contributed by atoms with Crippen molar-refractivity contribution in [1.29, 1.82) is 0 Å². The highest BCUT2D eigenvalue weighted by Gasteiger charge is 2.77. The van der Waals surface area contributed by atoms with Crippen LogP contribution in [0.15, 0.2) is 12.5 Å². The minimum Gasteiger partial charge on any atom is -0.385 e. The molecular formula is C12H13ClN4O4. The minimum absolute atomic E-state index is 0.245. The fourth-order valence-corrected chi connectivity index (χ4v) is 3.37. The number of nitrogens with two attached hydrogens (primary N) is 1. The standard InChI is InChI=1S/C12H13ClN4O4/c1-20-7-8-12(7,19)6(18)11(21-8)17-2-4(13)5-9(14)15-3-16-10(5)17/h2-3,6-8,11,18-19H,1H3,(H2,14,15,16). The molecule has 1 saturated carbocycles. The van der Waals surface area contributed by atoms with Gasteiger partial charge in [-0.15, -0.1) is 0 Å². The summed E-state index contributed by atoms with van der Waals surface area (Å²) in [6, 6.07) is 0. The van der Waals surface area contributed by atoms with Crippen molar-refractivity contribution in [3.63, 3.8) is 0 Å². The second kappa shape index (κ2) is 4.05. The third-order valence-electron chi connectivity index (χ3n) is 4.23. The number of methoxy groups -OCH3 is 1. The molecule has 2 aliphatic rings. The summed E-state index contributed by atoms with van der Waals surface area (Å²) in [6.07, 6.45) is -0.204. The number of aliphatic hydroxyl groups excluding tert-OH is 1. The van der Waals surface area contributed by atoms with E-state index in [1.165, 1.54) is 13.4 Å². The van der Waals surface area contributed by atoms with E-state index >= 15 is 0 Å². The van der Waals surface area contributed by atoms with Gasteiger partial charge in [-0.3, -0.25) is 0 Å². The molecule has 1 saturated heterocycles. The molecule has 0 amide bonds. The predicted octanol–water partition coefficient (Wildman–Crippen LogP) is -0.315. The van der Waals surface area contributed by atoms with E-state index in [2.05, 4.69) is 9.97 Å². The van der Waals surface area contributed by atoms with Gasteiger partial charge < -0.3 is 30.0 Å². The quantitative estimate of drug-likeness (QED) is 0.696. The van der Waals surface area contributed by atoms with E-state index in [9.17, 15) is 10.2 Å². The number of hydrogen-bond acceptors (Lipinski definition) is 7. The van der Waals surface area contributed by atoms with Gasteiger partial charge in [-0.1, -0.05) is 11.6 Å². The van der Waals surface area contributed by atoms with Crippen LogP contribution in [-0.4, -0.2) is 55.8 Å². The van der Waals surface area contributed by atoms with E-state index in [1.807, 2.05) is 0 Å². The lowest BCUT2D eigenvalue weighted by molar-refractivity contribution is -0.101. The maximum atomic E-state index is 10.4. The number of halogens is 1. The zero-order valence-electron chi connectivity index (χ0n) is 11.0. The van der Waals surface area contributed by atoms with Crippen molar-refractivity contribution >= 4 is 28.5 Å². The number of hydrogen-bond donors (Lipinski definition) is 3. The summed E-state index contributed by atoms with van der Waals surface area (Å²) < 4.78 is 12.3. The Morgan fingerprint density at radius 2 is 2.29 bits per heavy atom. The Morgan fingerprint density at radius 3 is 2.90 bits per heavy atom. The van der Waals surface area contributed by atoms with Crippen LogP contribution in [0.1, 0.15) is 6.23 Å². The molecule has 112 valence electrons. The average molecular weight is 313 g/mol. The molecule has 4 rings (SSSR count). The van der Waals surface area contributed by atoms with Crippen LogP contribution in [0.25, 0.3) is 11.0 Å². The molecule has 8 nitrogen and oxygen atoms in total. The van der Waals surface area contributed by atoms with Gasteiger partial charge in [0.25, 0.3) is 0 Å². The topological polar surface area (TPSA) is 116 Å². The van der Waals surface area contributed by atoms with Gasteiger partial charge in [0.2, 0.25) is 0 Å². The Kier molecular flexibility index (Phi) is 2.55. The highest BCUT2D eigenvalue weighted by Crippen LogP contribution is 2.55. The Bertz CT molecular complexity index is 737. The minimum atomic E-state index is -1.40. The SMILES string of the molecule is COC1C2OC(n3cc(Cl)c4c(N)ncnc43)C(O)C12O. The summed E-state index contributed by atoms with van der Waals surface area (Å²) in [6.45, 7) is 0. The third-order valence-corrected chi connectivity index (χ3v) is 4.51. The number of rotatable bonds is 2. The first-order valence-electron chi connectivity index (χ1n) is 6.35. The van der Waals surface area contributed by atoms with Gasteiger partial charge in [-0.25, -0.2) is 9.97 Å². The maximum Gasteiger partial charge on any atom is 0.164 e. The average Bonchev–Trinajstić information content (AvgIpc) is 2.73. The lowest BCUT2D eigenvalue weighted by Gasteiger charge is -2.23. The molecule has 5 unspecified atom stereocenters. The molecule has 2 aromatic rings. The Balaban J connectivity index is 1.78. The van der Waals surface area contributed by atoms with Crippen LogP contribution in [0.4, 0.5) is 5.82 Å². The molecule has 3 heterocycles. The summed E-state index contributed by atoms with van der Waals surface area (Å²) in [7, 11) is 1.46. The van der Waals surface area contributed by atoms with Crippen molar-refractivity contribution < 1.29 is 19.7 Å². The normalized spacial score (nSPS) is 37.9. The van der Waals surface area contributed by atoms with Gasteiger partial charge in [0.05, 0.1) is 10.4 Å². The molecule has 4 N–H and O–H groups in total. The van der Waals surface area contributed by atoms with Crippen LogP contribution in [0.3, 0.4) is 0 Å². The van der Waals surface area contributed by atoms with E-state index in [1.54, 1.807) is 10.8 Å². The Morgan fingerprint density at radius 1 is 1.52 bits per heavy atom. The third kappa shape index (κ3) is 1.48. The zero-order valence-corrected chi connectivity index (χ0v) is 11.7. The fourth-order valence-electron chi connectivity index (χ4n) is 3.09. The number of aliphatic hydroxyl groups is 2.